The lowest BCUT2D eigenvalue weighted by molar-refractivity contribution is 1.18. The van der Waals surface area contributed by atoms with E-state index in [9.17, 15) is 0 Å². The van der Waals surface area contributed by atoms with E-state index in [1.807, 2.05) is 0 Å². The molecule has 0 spiro atoms. The zero-order valence-electron chi connectivity index (χ0n) is 53.4. The van der Waals surface area contributed by atoms with Crippen molar-refractivity contribution in [1.29, 1.82) is 0 Å². The van der Waals surface area contributed by atoms with Gasteiger partial charge in [0.2, 0.25) is 0 Å². The van der Waals surface area contributed by atoms with Crippen LogP contribution in [0.5, 0.6) is 0 Å². The van der Waals surface area contributed by atoms with Crippen LogP contribution in [0.1, 0.15) is 0 Å². The van der Waals surface area contributed by atoms with Crippen LogP contribution in [-0.4, -0.2) is 27.4 Å². The van der Waals surface area contributed by atoms with E-state index in [0.29, 0.717) is 0 Å². The number of fused-ring (bicyclic) bond motifs is 7. The van der Waals surface area contributed by atoms with E-state index in [0.717, 1.165) is 62.4 Å². The summed E-state index contributed by atoms with van der Waals surface area (Å²) in [6, 6.07) is 148. The number of para-hydroxylation sites is 5. The molecule has 97 heavy (non-hydrogen) atoms. The van der Waals surface area contributed by atoms with E-state index >= 15 is 0 Å². The summed E-state index contributed by atoms with van der Waals surface area (Å²) in [7, 11) is -6.10. The first-order chi connectivity index (χ1) is 48.2. The second-order valence-electron chi connectivity index (χ2n) is 25.5. The average Bonchev–Trinajstić information content (AvgIpc) is 1.63. The van der Waals surface area contributed by atoms with Crippen molar-refractivity contribution in [2.24, 2.45) is 0 Å². The fourth-order valence-corrected chi connectivity index (χ4v) is 26.0. The highest BCUT2D eigenvalue weighted by atomic mass is 28.3. The van der Waals surface area contributed by atoms with E-state index in [4.69, 9.17) is 0 Å². The maximum absolute atomic E-state index is 3.08. The summed E-state index contributed by atoms with van der Waals surface area (Å²) < 4.78 is 2.48. The third kappa shape index (κ3) is 9.33. The van der Waals surface area contributed by atoms with Crippen LogP contribution in [-0.2, 0) is 0 Å². The number of hydrogen-bond donors (Lipinski definition) is 0. The van der Waals surface area contributed by atoms with E-state index in [-0.39, 0.29) is 6.71 Å². The summed E-state index contributed by atoms with van der Waals surface area (Å²) in [6.07, 6.45) is 0. The molecule has 0 aliphatic carbocycles. The lowest BCUT2D eigenvalue weighted by Gasteiger charge is -2.45. The van der Waals surface area contributed by atoms with Gasteiger partial charge in [-0.25, -0.2) is 0 Å². The summed E-state index contributed by atoms with van der Waals surface area (Å²) >= 11 is 0. The third-order valence-corrected chi connectivity index (χ3v) is 29.9. The van der Waals surface area contributed by atoms with Gasteiger partial charge in [0.15, 0.2) is 16.1 Å². The van der Waals surface area contributed by atoms with Gasteiger partial charge in [-0.15, -0.1) is 0 Å². The van der Waals surface area contributed by atoms with Crippen molar-refractivity contribution < 1.29 is 0 Å². The molecule has 18 rings (SSSR count). The zero-order chi connectivity index (χ0) is 64.3. The van der Waals surface area contributed by atoms with Crippen LogP contribution in [0.15, 0.2) is 394 Å². The van der Waals surface area contributed by atoms with Crippen molar-refractivity contribution in [3.63, 3.8) is 0 Å². The summed E-state index contributed by atoms with van der Waals surface area (Å²) in [6.45, 7) is -0.188. The van der Waals surface area contributed by atoms with E-state index < -0.39 is 16.1 Å². The van der Waals surface area contributed by atoms with Crippen molar-refractivity contribution in [1.82, 2.24) is 4.57 Å². The van der Waals surface area contributed by atoms with Gasteiger partial charge in [0.25, 0.3) is 6.71 Å². The maximum atomic E-state index is 2.65. The smallest absolute Gasteiger partial charge is 0.252 e. The quantitative estimate of drug-likeness (QED) is 0.0797. The topological polar surface area (TPSA) is 14.7 Å². The molecule has 0 saturated heterocycles. The molecule has 4 nitrogen and oxygen atoms in total. The Morgan fingerprint density at radius 3 is 1.04 bits per heavy atom. The lowest BCUT2D eigenvalue weighted by atomic mass is 9.33. The van der Waals surface area contributed by atoms with Crippen LogP contribution in [0.25, 0.3) is 27.5 Å². The van der Waals surface area contributed by atoms with Gasteiger partial charge in [-0.3, -0.25) is 0 Å². The second-order valence-corrected chi connectivity index (χ2v) is 33.1. The molecule has 0 bridgehead atoms. The molecular weight excluding hydrogens is 1200 g/mol. The van der Waals surface area contributed by atoms with Gasteiger partial charge in [-0.05, 0) is 149 Å². The highest BCUT2D eigenvalue weighted by Crippen LogP contribution is 2.49. The van der Waals surface area contributed by atoms with Gasteiger partial charge in [0.1, 0.15) is 0 Å². The van der Waals surface area contributed by atoms with E-state index in [1.165, 1.54) is 74.2 Å². The predicted molar refractivity (Wildman–Crippen MR) is 417 cm³/mol. The first-order valence-electron chi connectivity index (χ1n) is 33.6. The van der Waals surface area contributed by atoms with Crippen LogP contribution >= 0.6 is 0 Å². The Labute approximate surface area is 569 Å². The Morgan fingerprint density at radius 2 is 0.588 bits per heavy atom. The Kier molecular flexibility index (Phi) is 14.3. The molecule has 456 valence electrons. The molecule has 3 heterocycles. The van der Waals surface area contributed by atoms with Crippen molar-refractivity contribution >= 4 is 154 Å². The van der Waals surface area contributed by atoms with E-state index in [2.05, 4.69) is 414 Å². The second kappa shape index (κ2) is 24.1. The number of benzene rings is 15. The van der Waals surface area contributed by atoms with Gasteiger partial charge >= 0.3 is 0 Å². The number of anilines is 9. The molecule has 1 aromatic heterocycles. The van der Waals surface area contributed by atoms with Gasteiger partial charge < -0.3 is 19.3 Å². The molecule has 0 radical (unpaired) electrons. The fraction of sp³-hybridized carbons (Fsp3) is 0. The maximum Gasteiger partial charge on any atom is 0.252 e. The minimum absolute atomic E-state index is 0.188. The standard InChI is InChI=1S/C90H65BN4Si2/c1-10-34-66(35-11-1)92(67-36-12-2-13-37-67)71-62-88-90-89(63-71)95(70-41-33-55-79(61-70)97(75-48-22-7-23-49-75,76-50-24-8-25-51-76)77-52-26-9-27-53-77)87-65-86-81(80-56-28-30-58-84(80)93(86)68-38-14-3-15-39-68)64-83(87)91(90)82-57-29-31-59-85(82)94(88)69-40-32-54-78(60-69)96(72-42-16-4-17-43-72,73-44-18-5-19-45-73)74-46-20-6-21-47-74/h1-65H. The van der Waals surface area contributed by atoms with Crippen LogP contribution in [0.3, 0.4) is 0 Å². The monoisotopic (exact) mass is 1270 g/mol. The summed E-state index contributed by atoms with van der Waals surface area (Å²) in [5, 5.41) is 13.0. The number of rotatable bonds is 14. The van der Waals surface area contributed by atoms with Crippen molar-refractivity contribution in [3.05, 3.63) is 394 Å². The van der Waals surface area contributed by atoms with Crippen molar-refractivity contribution in [2.75, 3.05) is 14.7 Å². The molecule has 0 amide bonds. The first kappa shape index (κ1) is 57.6. The fourth-order valence-electron chi connectivity index (χ4n) is 16.4. The highest BCUT2D eigenvalue weighted by Gasteiger charge is 2.47. The zero-order valence-corrected chi connectivity index (χ0v) is 55.4. The van der Waals surface area contributed by atoms with Crippen LogP contribution < -0.4 is 72.6 Å². The Hall–Kier alpha value is -12.0. The van der Waals surface area contributed by atoms with Gasteiger partial charge in [0.05, 0.1) is 16.7 Å². The molecular formula is C90H65BN4Si2. The third-order valence-electron chi connectivity index (χ3n) is 20.4. The summed E-state index contributed by atoms with van der Waals surface area (Å²) in [5.41, 5.74) is 17.0. The minimum Gasteiger partial charge on any atom is -0.311 e. The molecule has 7 heteroatoms. The lowest BCUT2D eigenvalue weighted by Crippen LogP contribution is -2.74. The molecule has 0 saturated carbocycles. The predicted octanol–water partition coefficient (Wildman–Crippen LogP) is 15.1. The number of hydrogen-bond acceptors (Lipinski definition) is 3. The molecule has 0 unspecified atom stereocenters. The van der Waals surface area contributed by atoms with Crippen LogP contribution in [0.4, 0.5) is 51.2 Å². The molecule has 16 aromatic rings. The highest BCUT2D eigenvalue weighted by molar-refractivity contribution is 7.20. The molecule has 0 fully saturated rings. The summed E-state index contributed by atoms with van der Waals surface area (Å²) in [4.78, 5) is 7.72. The van der Waals surface area contributed by atoms with Crippen LogP contribution in [0.2, 0.25) is 0 Å². The number of nitrogens with zero attached hydrogens (tertiary/aromatic N) is 4. The van der Waals surface area contributed by atoms with Crippen molar-refractivity contribution in [2.45, 2.75) is 0 Å². The average molecular weight is 1270 g/mol. The number of aromatic nitrogens is 1. The van der Waals surface area contributed by atoms with Gasteiger partial charge in [-0.1, -0.05) is 303 Å². The Bertz CT molecular complexity index is 5300. The van der Waals surface area contributed by atoms with Crippen LogP contribution in [0, 0.1) is 0 Å². The van der Waals surface area contributed by atoms with Crippen molar-refractivity contribution in [3.8, 4) is 5.69 Å². The van der Waals surface area contributed by atoms with Gasteiger partial charge in [-0.2, -0.15) is 0 Å². The van der Waals surface area contributed by atoms with Gasteiger partial charge in [0, 0.05) is 62.0 Å². The molecule has 0 N–H and O–H groups in total. The largest absolute Gasteiger partial charge is 0.311 e. The minimum atomic E-state index is -3.08. The molecule has 15 aromatic carbocycles. The molecule has 2 aliphatic rings. The molecule has 2 aliphatic heterocycles. The Morgan fingerprint density at radius 1 is 0.227 bits per heavy atom. The first-order valence-corrected chi connectivity index (χ1v) is 37.6. The normalized spacial score (nSPS) is 12.5. The SMILES string of the molecule is c1ccc(N(c2ccccc2)c2cc3c4c(c2)N(c2cccc([Si](c5ccccc5)(c5ccccc5)c5ccccc5)c2)c2cc5c(cc2B4c2ccccc2N3c2cccc([Si](c3ccccc3)(c3ccccc3)c3ccccc3)c2)c2ccccc2n5-c2ccccc2)cc1. The Balaban J connectivity index is 0.978. The van der Waals surface area contributed by atoms with E-state index in [1.54, 1.807) is 0 Å². The summed E-state index contributed by atoms with van der Waals surface area (Å²) in [5.74, 6) is 0. The molecule has 0 atom stereocenters.